The predicted molar refractivity (Wildman–Crippen MR) is 45.3 cm³/mol. The zero-order chi connectivity index (χ0) is 10.8. The molecule has 1 aromatic rings. The highest BCUT2D eigenvalue weighted by Crippen LogP contribution is 2.31. The standard InChI is InChI=1S/C9H10F3NO/c10-9(11,12)8(13)7-4-2-1-3-6(7)5-14/h1-4,8,14H,5,13H2/t8-/m0/s1. The molecule has 0 unspecified atom stereocenters. The van der Waals surface area contributed by atoms with E-state index in [1.807, 2.05) is 0 Å². The maximum absolute atomic E-state index is 12.2. The van der Waals surface area contributed by atoms with Crippen LogP contribution in [-0.4, -0.2) is 11.3 Å². The van der Waals surface area contributed by atoms with Crippen LogP contribution in [0.2, 0.25) is 0 Å². The van der Waals surface area contributed by atoms with Gasteiger partial charge in [-0.05, 0) is 11.1 Å². The highest BCUT2D eigenvalue weighted by atomic mass is 19.4. The number of aliphatic hydroxyl groups excluding tert-OH is 1. The van der Waals surface area contributed by atoms with E-state index >= 15 is 0 Å². The summed E-state index contributed by atoms with van der Waals surface area (Å²) >= 11 is 0. The van der Waals surface area contributed by atoms with Crippen molar-refractivity contribution in [1.29, 1.82) is 0 Å². The number of hydrogen-bond acceptors (Lipinski definition) is 2. The van der Waals surface area contributed by atoms with Crippen molar-refractivity contribution in [2.45, 2.75) is 18.8 Å². The summed E-state index contributed by atoms with van der Waals surface area (Å²) in [6, 6.07) is 3.66. The smallest absolute Gasteiger partial charge is 0.392 e. The van der Waals surface area contributed by atoms with Crippen LogP contribution in [0.4, 0.5) is 13.2 Å². The van der Waals surface area contributed by atoms with Crippen LogP contribution in [0.3, 0.4) is 0 Å². The lowest BCUT2D eigenvalue weighted by atomic mass is 10.0. The fourth-order valence-electron chi connectivity index (χ4n) is 1.16. The number of aliphatic hydroxyl groups is 1. The van der Waals surface area contributed by atoms with Crippen molar-refractivity contribution < 1.29 is 18.3 Å². The first kappa shape index (κ1) is 11.0. The minimum Gasteiger partial charge on any atom is -0.392 e. The van der Waals surface area contributed by atoms with Crippen LogP contribution in [0.15, 0.2) is 24.3 Å². The molecule has 5 heteroatoms. The highest BCUT2D eigenvalue weighted by molar-refractivity contribution is 5.30. The Morgan fingerprint density at radius 1 is 1.29 bits per heavy atom. The van der Waals surface area contributed by atoms with Gasteiger partial charge in [-0.15, -0.1) is 0 Å². The summed E-state index contributed by atoms with van der Waals surface area (Å²) < 4.78 is 36.7. The van der Waals surface area contributed by atoms with Gasteiger partial charge in [0.2, 0.25) is 0 Å². The third kappa shape index (κ3) is 2.24. The third-order valence-electron chi connectivity index (χ3n) is 1.91. The van der Waals surface area contributed by atoms with Crippen LogP contribution in [0.5, 0.6) is 0 Å². The summed E-state index contributed by atoms with van der Waals surface area (Å²) in [5, 5.41) is 8.81. The summed E-state index contributed by atoms with van der Waals surface area (Å²) in [5.41, 5.74) is 5.14. The van der Waals surface area contributed by atoms with Crippen LogP contribution in [0.1, 0.15) is 17.2 Å². The second-order valence-electron chi connectivity index (χ2n) is 2.88. The van der Waals surface area contributed by atoms with E-state index in [0.29, 0.717) is 0 Å². The van der Waals surface area contributed by atoms with Gasteiger partial charge in [0, 0.05) is 0 Å². The molecule has 3 N–H and O–H groups in total. The zero-order valence-corrected chi connectivity index (χ0v) is 7.25. The molecule has 0 saturated heterocycles. The lowest BCUT2D eigenvalue weighted by molar-refractivity contribution is -0.149. The Hall–Kier alpha value is -1.07. The normalized spacial score (nSPS) is 14.1. The van der Waals surface area contributed by atoms with E-state index in [9.17, 15) is 13.2 Å². The molecule has 0 spiro atoms. The number of hydrogen-bond donors (Lipinski definition) is 2. The Morgan fingerprint density at radius 2 is 1.86 bits per heavy atom. The van der Waals surface area contributed by atoms with Gasteiger partial charge < -0.3 is 10.8 Å². The molecule has 78 valence electrons. The van der Waals surface area contributed by atoms with E-state index in [1.165, 1.54) is 18.2 Å². The summed E-state index contributed by atoms with van der Waals surface area (Å²) in [6.45, 7) is -0.444. The van der Waals surface area contributed by atoms with Crippen LogP contribution in [0, 0.1) is 0 Å². The van der Waals surface area contributed by atoms with Crippen LogP contribution in [-0.2, 0) is 6.61 Å². The fraction of sp³-hybridized carbons (Fsp3) is 0.333. The molecule has 0 fully saturated rings. The molecular formula is C9H10F3NO. The molecule has 1 atom stereocenters. The van der Waals surface area contributed by atoms with Gasteiger partial charge in [0.15, 0.2) is 0 Å². The Labute approximate surface area is 79.2 Å². The van der Waals surface area contributed by atoms with Crippen molar-refractivity contribution in [3.63, 3.8) is 0 Å². The summed E-state index contributed by atoms with van der Waals surface area (Å²) in [7, 11) is 0. The van der Waals surface area contributed by atoms with Gasteiger partial charge in [-0.2, -0.15) is 13.2 Å². The second-order valence-corrected chi connectivity index (χ2v) is 2.88. The van der Waals surface area contributed by atoms with E-state index in [2.05, 4.69) is 0 Å². The molecule has 0 amide bonds. The molecule has 0 heterocycles. The number of halogens is 3. The van der Waals surface area contributed by atoms with Gasteiger partial charge in [0.25, 0.3) is 0 Å². The predicted octanol–water partition coefficient (Wildman–Crippen LogP) is 1.74. The maximum atomic E-state index is 12.2. The topological polar surface area (TPSA) is 46.2 Å². The van der Waals surface area contributed by atoms with E-state index in [0.717, 1.165) is 0 Å². The minimum atomic E-state index is -4.48. The van der Waals surface area contributed by atoms with Crippen molar-refractivity contribution in [2.24, 2.45) is 5.73 Å². The number of alkyl halides is 3. The SMILES string of the molecule is N[C@@H](c1ccccc1CO)C(F)(F)F. The second kappa shape index (κ2) is 3.98. The van der Waals surface area contributed by atoms with Crippen molar-refractivity contribution in [3.05, 3.63) is 35.4 Å². The minimum absolute atomic E-state index is 0.0810. The van der Waals surface area contributed by atoms with Gasteiger partial charge in [0.1, 0.15) is 6.04 Å². The Bertz CT molecular complexity index is 311. The van der Waals surface area contributed by atoms with Gasteiger partial charge in [0.05, 0.1) is 6.61 Å². The molecule has 0 aliphatic rings. The Morgan fingerprint density at radius 3 is 2.36 bits per heavy atom. The molecule has 0 aliphatic carbocycles. The molecule has 0 aliphatic heterocycles. The quantitative estimate of drug-likeness (QED) is 0.772. The molecule has 1 rings (SSSR count). The maximum Gasteiger partial charge on any atom is 0.407 e. The third-order valence-corrected chi connectivity index (χ3v) is 1.91. The fourth-order valence-corrected chi connectivity index (χ4v) is 1.16. The summed E-state index contributed by atoms with van der Waals surface area (Å²) in [5.74, 6) is 0. The Kier molecular flexibility index (Phi) is 3.13. The van der Waals surface area contributed by atoms with E-state index in [-0.39, 0.29) is 11.1 Å². The van der Waals surface area contributed by atoms with E-state index < -0.39 is 18.8 Å². The molecule has 14 heavy (non-hydrogen) atoms. The monoisotopic (exact) mass is 205 g/mol. The van der Waals surface area contributed by atoms with Gasteiger partial charge in [-0.25, -0.2) is 0 Å². The molecule has 0 aromatic heterocycles. The van der Waals surface area contributed by atoms with Gasteiger partial charge in [-0.1, -0.05) is 24.3 Å². The summed E-state index contributed by atoms with van der Waals surface area (Å²) in [6.07, 6.45) is -4.48. The molecule has 0 saturated carbocycles. The van der Waals surface area contributed by atoms with Crippen LogP contribution < -0.4 is 5.73 Å². The first-order valence-corrected chi connectivity index (χ1v) is 3.97. The first-order valence-electron chi connectivity index (χ1n) is 3.97. The lowest BCUT2D eigenvalue weighted by Gasteiger charge is -2.18. The van der Waals surface area contributed by atoms with Crippen molar-refractivity contribution in [2.75, 3.05) is 0 Å². The molecular weight excluding hydrogens is 195 g/mol. The molecule has 0 radical (unpaired) electrons. The average Bonchev–Trinajstić information content (AvgIpc) is 2.15. The lowest BCUT2D eigenvalue weighted by Crippen LogP contribution is -2.29. The largest absolute Gasteiger partial charge is 0.407 e. The van der Waals surface area contributed by atoms with Crippen LogP contribution >= 0.6 is 0 Å². The molecule has 2 nitrogen and oxygen atoms in total. The average molecular weight is 205 g/mol. The van der Waals surface area contributed by atoms with Crippen molar-refractivity contribution >= 4 is 0 Å². The Balaban J connectivity index is 3.06. The van der Waals surface area contributed by atoms with Gasteiger partial charge in [-0.3, -0.25) is 0 Å². The molecule has 0 bridgehead atoms. The number of rotatable bonds is 2. The van der Waals surface area contributed by atoms with E-state index in [4.69, 9.17) is 10.8 Å². The first-order chi connectivity index (χ1) is 6.46. The number of nitrogens with two attached hydrogens (primary N) is 1. The van der Waals surface area contributed by atoms with E-state index in [1.54, 1.807) is 6.07 Å². The van der Waals surface area contributed by atoms with Crippen molar-refractivity contribution in [3.8, 4) is 0 Å². The van der Waals surface area contributed by atoms with Crippen LogP contribution in [0.25, 0.3) is 0 Å². The summed E-state index contributed by atoms with van der Waals surface area (Å²) in [4.78, 5) is 0. The molecule has 1 aromatic carbocycles. The van der Waals surface area contributed by atoms with Gasteiger partial charge >= 0.3 is 6.18 Å². The van der Waals surface area contributed by atoms with Crippen molar-refractivity contribution in [1.82, 2.24) is 0 Å². The number of benzene rings is 1. The zero-order valence-electron chi connectivity index (χ0n) is 7.25. The highest BCUT2D eigenvalue weighted by Gasteiger charge is 2.38.